The van der Waals surface area contributed by atoms with Crippen LogP contribution in [0, 0.1) is 0 Å². The molecule has 9 heteroatoms. The molecule has 0 saturated carbocycles. The van der Waals surface area contributed by atoms with E-state index in [4.69, 9.17) is 12.2 Å². The number of alkyl halides is 3. The molecule has 1 aromatic carbocycles. The first-order valence-corrected chi connectivity index (χ1v) is 9.03. The van der Waals surface area contributed by atoms with E-state index in [9.17, 15) is 27.9 Å². The number of rotatable bonds is 7. The van der Waals surface area contributed by atoms with E-state index in [0.717, 1.165) is 23.9 Å². The molecule has 0 bridgehead atoms. The fraction of sp³-hybridized carbons (Fsp3) is 0.353. The molecule has 0 aliphatic carbocycles. The summed E-state index contributed by atoms with van der Waals surface area (Å²) >= 11 is 6.27. The van der Waals surface area contributed by atoms with Crippen molar-refractivity contribution in [1.29, 1.82) is 0 Å². The molecule has 0 radical (unpaired) electrons. The van der Waals surface area contributed by atoms with Gasteiger partial charge in [-0.15, -0.1) is 0 Å². The molecule has 0 atom stereocenters. The number of thioether (sulfide) groups is 1. The largest absolute Gasteiger partial charge is 0.550 e. The van der Waals surface area contributed by atoms with E-state index >= 15 is 0 Å². The summed E-state index contributed by atoms with van der Waals surface area (Å²) in [4.78, 5) is 24.5. The summed E-state index contributed by atoms with van der Waals surface area (Å²) in [6, 6.07) is 4.53. The van der Waals surface area contributed by atoms with Crippen molar-refractivity contribution in [2.75, 3.05) is 6.54 Å². The third-order valence-electron chi connectivity index (χ3n) is 3.67. The molecule has 1 heterocycles. The van der Waals surface area contributed by atoms with Crippen LogP contribution in [0.15, 0.2) is 29.2 Å². The van der Waals surface area contributed by atoms with Crippen LogP contribution >= 0.6 is 24.0 Å². The zero-order chi connectivity index (χ0) is 19.3. The standard InChI is InChI=1S/C17H16F3NO3S2/c18-17(19,20)12-7-5-11(6-8-12)10-13-15(24)21(16(25)26-13)9-3-1-2-4-14(22)23/h5-8,10H,1-4,9H2,(H,22,23)/p-1/b13-10-. The summed E-state index contributed by atoms with van der Waals surface area (Å²) in [6.45, 7) is 0.377. The summed E-state index contributed by atoms with van der Waals surface area (Å²) in [6.07, 6.45) is -1.21. The Labute approximate surface area is 158 Å². The third-order valence-corrected chi connectivity index (χ3v) is 5.05. The number of thiocarbonyl (C=S) groups is 1. The molecular formula is C17H15F3NO3S2-. The zero-order valence-electron chi connectivity index (χ0n) is 13.5. The Morgan fingerprint density at radius 3 is 2.42 bits per heavy atom. The van der Waals surface area contributed by atoms with E-state index < -0.39 is 17.7 Å². The molecule has 1 saturated heterocycles. The number of aliphatic carboxylic acids is 1. The molecule has 26 heavy (non-hydrogen) atoms. The average Bonchev–Trinajstić information content (AvgIpc) is 2.81. The van der Waals surface area contributed by atoms with Gasteiger partial charge < -0.3 is 9.90 Å². The van der Waals surface area contributed by atoms with Crippen LogP contribution in [0.5, 0.6) is 0 Å². The highest BCUT2D eigenvalue weighted by Gasteiger charge is 2.32. The second-order valence-electron chi connectivity index (χ2n) is 5.64. The van der Waals surface area contributed by atoms with Gasteiger partial charge in [-0.2, -0.15) is 13.2 Å². The predicted octanol–water partition coefficient (Wildman–Crippen LogP) is 3.22. The molecule has 1 aliphatic rings. The highest BCUT2D eigenvalue weighted by molar-refractivity contribution is 8.26. The van der Waals surface area contributed by atoms with Crippen molar-refractivity contribution in [2.24, 2.45) is 0 Å². The van der Waals surface area contributed by atoms with Gasteiger partial charge in [0, 0.05) is 12.5 Å². The van der Waals surface area contributed by atoms with Gasteiger partial charge in [0.1, 0.15) is 4.32 Å². The van der Waals surface area contributed by atoms with Crippen molar-refractivity contribution >= 4 is 46.3 Å². The van der Waals surface area contributed by atoms with Crippen molar-refractivity contribution in [3.05, 3.63) is 40.3 Å². The quantitative estimate of drug-likeness (QED) is 0.398. The summed E-state index contributed by atoms with van der Waals surface area (Å²) in [5, 5.41) is 10.3. The Hall–Kier alpha value is -1.87. The van der Waals surface area contributed by atoms with Crippen LogP contribution in [-0.4, -0.2) is 27.6 Å². The lowest BCUT2D eigenvalue weighted by molar-refractivity contribution is -0.305. The molecule has 0 aromatic heterocycles. The molecule has 1 fully saturated rings. The first-order chi connectivity index (χ1) is 12.2. The van der Waals surface area contributed by atoms with Gasteiger partial charge in [-0.05, 0) is 43.0 Å². The smallest absolute Gasteiger partial charge is 0.416 e. The molecule has 1 aliphatic heterocycles. The maximum absolute atomic E-state index is 12.6. The molecule has 1 aromatic rings. The van der Waals surface area contributed by atoms with Crippen molar-refractivity contribution in [1.82, 2.24) is 4.90 Å². The summed E-state index contributed by atoms with van der Waals surface area (Å²) < 4.78 is 38.1. The van der Waals surface area contributed by atoms with E-state index in [1.807, 2.05) is 0 Å². The van der Waals surface area contributed by atoms with Crippen LogP contribution in [0.2, 0.25) is 0 Å². The number of amides is 1. The van der Waals surface area contributed by atoms with E-state index in [0.29, 0.717) is 40.6 Å². The van der Waals surface area contributed by atoms with Crippen LogP contribution < -0.4 is 5.11 Å². The van der Waals surface area contributed by atoms with Crippen LogP contribution in [0.1, 0.15) is 36.8 Å². The Bertz CT molecular complexity index is 730. The highest BCUT2D eigenvalue weighted by Crippen LogP contribution is 2.34. The SMILES string of the molecule is O=C([O-])CCCCCN1C(=O)/C(=C/c2ccc(C(F)(F)F)cc2)SC1=S. The lowest BCUT2D eigenvalue weighted by atomic mass is 10.1. The van der Waals surface area contributed by atoms with Gasteiger partial charge >= 0.3 is 6.18 Å². The molecule has 0 spiro atoms. The number of halogens is 3. The molecule has 1 amide bonds. The van der Waals surface area contributed by atoms with E-state index in [1.54, 1.807) is 0 Å². The number of hydrogen-bond donors (Lipinski definition) is 0. The van der Waals surface area contributed by atoms with Gasteiger partial charge in [0.2, 0.25) is 0 Å². The maximum Gasteiger partial charge on any atom is 0.416 e. The average molecular weight is 402 g/mol. The maximum atomic E-state index is 12.6. The molecule has 4 nitrogen and oxygen atoms in total. The number of unbranched alkanes of at least 4 members (excludes halogenated alkanes) is 2. The van der Waals surface area contributed by atoms with Gasteiger partial charge in [0.25, 0.3) is 5.91 Å². The number of hydrogen-bond acceptors (Lipinski definition) is 5. The Balaban J connectivity index is 1.97. The van der Waals surface area contributed by atoms with E-state index in [1.165, 1.54) is 23.1 Å². The minimum Gasteiger partial charge on any atom is -0.550 e. The number of carboxylic acid groups (broad SMARTS) is 1. The number of nitrogens with zero attached hydrogens (tertiary/aromatic N) is 1. The topological polar surface area (TPSA) is 60.4 Å². The number of carbonyl (C=O) groups is 2. The van der Waals surface area contributed by atoms with Gasteiger partial charge in [-0.1, -0.05) is 42.5 Å². The lowest BCUT2D eigenvalue weighted by Gasteiger charge is -2.14. The number of carboxylic acids is 1. The molecule has 2 rings (SSSR count). The summed E-state index contributed by atoms with van der Waals surface area (Å²) in [5.74, 6) is -1.39. The summed E-state index contributed by atoms with van der Waals surface area (Å²) in [7, 11) is 0. The Morgan fingerprint density at radius 2 is 1.85 bits per heavy atom. The Kier molecular flexibility index (Phi) is 6.82. The lowest BCUT2D eigenvalue weighted by Crippen LogP contribution is -2.29. The second-order valence-corrected chi connectivity index (χ2v) is 7.31. The van der Waals surface area contributed by atoms with Crippen molar-refractivity contribution in [2.45, 2.75) is 31.9 Å². The molecule has 0 unspecified atom stereocenters. The van der Waals surface area contributed by atoms with Gasteiger partial charge in [-0.3, -0.25) is 9.69 Å². The van der Waals surface area contributed by atoms with Crippen molar-refractivity contribution in [3.8, 4) is 0 Å². The minimum absolute atomic E-state index is 0.0216. The first-order valence-electron chi connectivity index (χ1n) is 7.81. The minimum atomic E-state index is -4.40. The normalized spacial score (nSPS) is 16.6. The number of carbonyl (C=O) groups excluding carboxylic acids is 2. The van der Waals surface area contributed by atoms with Crippen LogP contribution in [0.4, 0.5) is 13.2 Å². The molecule has 140 valence electrons. The number of benzene rings is 1. The zero-order valence-corrected chi connectivity index (χ0v) is 15.2. The Morgan fingerprint density at radius 1 is 1.19 bits per heavy atom. The predicted molar refractivity (Wildman–Crippen MR) is 94.8 cm³/mol. The van der Waals surface area contributed by atoms with Gasteiger partial charge in [0.05, 0.1) is 10.5 Å². The first kappa shape index (κ1) is 20.4. The van der Waals surface area contributed by atoms with Gasteiger partial charge in [0.15, 0.2) is 0 Å². The van der Waals surface area contributed by atoms with Crippen LogP contribution in [0.3, 0.4) is 0 Å². The second kappa shape index (κ2) is 8.68. The monoisotopic (exact) mass is 402 g/mol. The summed E-state index contributed by atoms with van der Waals surface area (Å²) in [5.41, 5.74) is -0.272. The molecule has 0 N–H and O–H groups in total. The fourth-order valence-corrected chi connectivity index (χ4v) is 3.64. The molecular weight excluding hydrogens is 387 g/mol. The van der Waals surface area contributed by atoms with Crippen LogP contribution in [-0.2, 0) is 15.8 Å². The van der Waals surface area contributed by atoms with E-state index in [2.05, 4.69) is 0 Å². The highest BCUT2D eigenvalue weighted by atomic mass is 32.2. The van der Waals surface area contributed by atoms with Gasteiger partial charge in [-0.25, -0.2) is 0 Å². The fourth-order valence-electron chi connectivity index (χ4n) is 2.33. The van der Waals surface area contributed by atoms with Crippen molar-refractivity contribution < 1.29 is 27.9 Å². The van der Waals surface area contributed by atoms with Crippen LogP contribution in [0.25, 0.3) is 6.08 Å². The van der Waals surface area contributed by atoms with E-state index in [-0.39, 0.29) is 12.3 Å². The van der Waals surface area contributed by atoms with Crippen molar-refractivity contribution in [3.63, 3.8) is 0 Å². The third kappa shape index (κ3) is 5.57.